The lowest BCUT2D eigenvalue weighted by Crippen LogP contribution is -2.54. The van der Waals surface area contributed by atoms with E-state index in [2.05, 4.69) is 5.32 Å². The molecule has 0 aromatic rings. The fourth-order valence-electron chi connectivity index (χ4n) is 2.46. The van der Waals surface area contributed by atoms with E-state index >= 15 is 0 Å². The molecule has 0 aromatic heterocycles. The SMILES string of the molecule is NC(=O)CC(N)C(=O)N1CCCC1C(=O)NC(CC(=O)O)C(=O)O. The summed E-state index contributed by atoms with van der Waals surface area (Å²) in [7, 11) is 0. The summed E-state index contributed by atoms with van der Waals surface area (Å²) in [5.74, 6) is -5.06. The van der Waals surface area contributed by atoms with E-state index in [0.717, 1.165) is 4.90 Å². The number of carbonyl (C=O) groups is 5. The van der Waals surface area contributed by atoms with Gasteiger partial charge in [-0.3, -0.25) is 19.2 Å². The van der Waals surface area contributed by atoms with Crippen molar-refractivity contribution in [2.24, 2.45) is 11.5 Å². The number of hydrogen-bond acceptors (Lipinski definition) is 6. The number of nitrogens with two attached hydrogens (primary N) is 2. The van der Waals surface area contributed by atoms with Gasteiger partial charge < -0.3 is 31.9 Å². The number of likely N-dealkylation sites (tertiary alicyclic amines) is 1. The highest BCUT2D eigenvalue weighted by Crippen LogP contribution is 2.19. The molecule has 7 N–H and O–H groups in total. The lowest BCUT2D eigenvalue weighted by Gasteiger charge is -2.27. The molecular formula is C13H20N4O7. The molecule has 1 heterocycles. The van der Waals surface area contributed by atoms with Gasteiger partial charge in [-0.25, -0.2) is 4.79 Å². The lowest BCUT2D eigenvalue weighted by molar-refractivity contribution is -0.148. The third-order valence-corrected chi connectivity index (χ3v) is 3.57. The van der Waals surface area contributed by atoms with E-state index in [0.29, 0.717) is 6.42 Å². The number of primary amides is 1. The van der Waals surface area contributed by atoms with E-state index in [4.69, 9.17) is 21.7 Å². The monoisotopic (exact) mass is 344 g/mol. The molecule has 3 amide bonds. The Balaban J connectivity index is 2.77. The number of carbonyl (C=O) groups excluding carboxylic acids is 3. The maximum atomic E-state index is 12.2. The van der Waals surface area contributed by atoms with Gasteiger partial charge in [-0.1, -0.05) is 0 Å². The molecule has 134 valence electrons. The zero-order chi connectivity index (χ0) is 18.4. The maximum absolute atomic E-state index is 12.2. The van der Waals surface area contributed by atoms with Crippen molar-refractivity contribution in [1.82, 2.24) is 10.2 Å². The fraction of sp³-hybridized carbons (Fsp3) is 0.615. The van der Waals surface area contributed by atoms with Crippen LogP contribution in [-0.2, 0) is 24.0 Å². The van der Waals surface area contributed by atoms with Crippen molar-refractivity contribution in [2.75, 3.05) is 6.54 Å². The predicted molar refractivity (Wildman–Crippen MR) is 78.3 cm³/mol. The molecular weight excluding hydrogens is 324 g/mol. The number of nitrogens with zero attached hydrogens (tertiary/aromatic N) is 1. The lowest BCUT2D eigenvalue weighted by atomic mass is 10.1. The zero-order valence-electron chi connectivity index (χ0n) is 12.8. The molecule has 24 heavy (non-hydrogen) atoms. The molecule has 1 rings (SSSR count). The summed E-state index contributed by atoms with van der Waals surface area (Å²) in [5, 5.41) is 19.7. The van der Waals surface area contributed by atoms with Gasteiger partial charge in [-0.15, -0.1) is 0 Å². The second kappa shape index (κ2) is 8.24. The summed E-state index contributed by atoms with van der Waals surface area (Å²) < 4.78 is 0. The van der Waals surface area contributed by atoms with Crippen molar-refractivity contribution in [3.8, 4) is 0 Å². The van der Waals surface area contributed by atoms with Crippen molar-refractivity contribution < 1.29 is 34.2 Å². The molecule has 0 radical (unpaired) electrons. The minimum atomic E-state index is -1.60. The van der Waals surface area contributed by atoms with Crippen LogP contribution in [0.5, 0.6) is 0 Å². The van der Waals surface area contributed by atoms with Gasteiger partial charge in [0.15, 0.2) is 0 Å². The van der Waals surface area contributed by atoms with E-state index < -0.39 is 54.2 Å². The number of nitrogens with one attached hydrogen (secondary N) is 1. The fourth-order valence-corrected chi connectivity index (χ4v) is 2.46. The molecule has 0 spiro atoms. The van der Waals surface area contributed by atoms with Gasteiger partial charge in [0, 0.05) is 6.54 Å². The summed E-state index contributed by atoms with van der Waals surface area (Å²) in [6, 6.07) is -3.76. The van der Waals surface area contributed by atoms with E-state index in [-0.39, 0.29) is 19.4 Å². The number of carboxylic acids is 2. The van der Waals surface area contributed by atoms with Gasteiger partial charge in [0.05, 0.1) is 18.9 Å². The van der Waals surface area contributed by atoms with Crippen molar-refractivity contribution in [1.29, 1.82) is 0 Å². The first-order valence-electron chi connectivity index (χ1n) is 7.22. The Bertz CT molecular complexity index is 550. The average Bonchev–Trinajstić information content (AvgIpc) is 2.93. The number of amides is 3. The minimum absolute atomic E-state index is 0.222. The van der Waals surface area contributed by atoms with Crippen LogP contribution in [0.2, 0.25) is 0 Å². The smallest absolute Gasteiger partial charge is 0.326 e. The molecule has 0 aliphatic carbocycles. The van der Waals surface area contributed by atoms with Crippen LogP contribution in [0.3, 0.4) is 0 Å². The van der Waals surface area contributed by atoms with Crippen molar-refractivity contribution >= 4 is 29.7 Å². The summed E-state index contributed by atoms with van der Waals surface area (Å²) in [4.78, 5) is 58.0. The number of aliphatic carboxylic acids is 2. The van der Waals surface area contributed by atoms with Crippen molar-refractivity contribution in [3.63, 3.8) is 0 Å². The topological polar surface area (TPSA) is 193 Å². The maximum Gasteiger partial charge on any atom is 0.326 e. The third-order valence-electron chi connectivity index (χ3n) is 3.57. The second-order valence-electron chi connectivity index (χ2n) is 5.46. The van der Waals surface area contributed by atoms with Gasteiger partial charge >= 0.3 is 11.9 Å². The first-order valence-corrected chi connectivity index (χ1v) is 7.22. The highest BCUT2D eigenvalue weighted by Gasteiger charge is 2.38. The summed E-state index contributed by atoms with van der Waals surface area (Å²) in [6.45, 7) is 0.222. The molecule has 11 heteroatoms. The number of rotatable bonds is 8. The van der Waals surface area contributed by atoms with Crippen LogP contribution in [0.25, 0.3) is 0 Å². The van der Waals surface area contributed by atoms with E-state index in [9.17, 15) is 24.0 Å². The average molecular weight is 344 g/mol. The van der Waals surface area contributed by atoms with Gasteiger partial charge in [-0.2, -0.15) is 0 Å². The Morgan fingerprint density at radius 2 is 1.79 bits per heavy atom. The molecule has 1 aliphatic heterocycles. The highest BCUT2D eigenvalue weighted by molar-refractivity contribution is 5.94. The van der Waals surface area contributed by atoms with Crippen LogP contribution in [-0.4, -0.2) is 69.4 Å². The Morgan fingerprint density at radius 1 is 1.17 bits per heavy atom. The van der Waals surface area contributed by atoms with Gasteiger partial charge in [-0.05, 0) is 12.8 Å². The third kappa shape index (κ3) is 5.19. The van der Waals surface area contributed by atoms with Gasteiger partial charge in [0.1, 0.15) is 12.1 Å². The Hall–Kier alpha value is -2.69. The number of carboxylic acid groups (broad SMARTS) is 2. The van der Waals surface area contributed by atoms with E-state index in [1.807, 2.05) is 0 Å². The quantitative estimate of drug-likeness (QED) is 0.312. The normalized spacial score (nSPS) is 19.4. The molecule has 1 saturated heterocycles. The van der Waals surface area contributed by atoms with Crippen LogP contribution >= 0.6 is 0 Å². The Labute approximate surface area is 136 Å². The van der Waals surface area contributed by atoms with E-state index in [1.165, 1.54) is 0 Å². The Morgan fingerprint density at radius 3 is 2.29 bits per heavy atom. The van der Waals surface area contributed by atoms with Gasteiger partial charge in [0.2, 0.25) is 17.7 Å². The summed E-state index contributed by atoms with van der Waals surface area (Å²) >= 11 is 0. The molecule has 3 unspecified atom stereocenters. The first kappa shape index (κ1) is 19.4. The largest absolute Gasteiger partial charge is 0.481 e. The van der Waals surface area contributed by atoms with Crippen LogP contribution < -0.4 is 16.8 Å². The standard InChI is InChI=1S/C13H20N4O7/c14-6(4-9(15)18)12(22)17-3-1-2-8(17)11(21)16-7(13(23)24)5-10(19)20/h6-8H,1-5,14H2,(H2,15,18)(H,16,21)(H,19,20)(H,23,24). The highest BCUT2D eigenvalue weighted by atomic mass is 16.4. The first-order chi connectivity index (χ1) is 11.1. The van der Waals surface area contributed by atoms with Crippen molar-refractivity contribution in [3.05, 3.63) is 0 Å². The molecule has 0 bridgehead atoms. The van der Waals surface area contributed by atoms with Crippen LogP contribution in [0.4, 0.5) is 0 Å². The molecule has 11 nitrogen and oxygen atoms in total. The molecule has 1 fully saturated rings. The Kier molecular flexibility index (Phi) is 6.65. The minimum Gasteiger partial charge on any atom is -0.481 e. The van der Waals surface area contributed by atoms with Crippen LogP contribution in [0.15, 0.2) is 0 Å². The summed E-state index contributed by atoms with van der Waals surface area (Å²) in [5.41, 5.74) is 10.6. The van der Waals surface area contributed by atoms with Gasteiger partial charge in [0.25, 0.3) is 0 Å². The molecule has 3 atom stereocenters. The summed E-state index contributed by atoms with van der Waals surface area (Å²) in [6.07, 6.45) is -0.395. The predicted octanol–water partition coefficient (Wildman–Crippen LogP) is -2.78. The van der Waals surface area contributed by atoms with Crippen LogP contribution in [0, 0.1) is 0 Å². The molecule has 1 aliphatic rings. The number of hydrogen-bond donors (Lipinski definition) is 5. The van der Waals surface area contributed by atoms with E-state index in [1.54, 1.807) is 0 Å². The van der Waals surface area contributed by atoms with Crippen LogP contribution in [0.1, 0.15) is 25.7 Å². The molecule has 0 saturated carbocycles. The van der Waals surface area contributed by atoms with Crippen molar-refractivity contribution in [2.45, 2.75) is 43.8 Å². The zero-order valence-corrected chi connectivity index (χ0v) is 12.8. The second-order valence-corrected chi connectivity index (χ2v) is 5.46. The molecule has 0 aromatic carbocycles.